The van der Waals surface area contributed by atoms with E-state index in [1.54, 1.807) is 4.90 Å². The standard InChI is InChI=1S/C26H27BrN2O2/c27-21-11-16-24(20-9-5-2-6-10-20)25(17-21)29(26(30)31)23-14-12-22(13-15-23)28-18-19-7-3-1-4-8-19/h1-11,16-17,22-23,28H,12-15,18H2,(H,30,31). The zero-order valence-electron chi connectivity index (χ0n) is 17.4. The van der Waals surface area contributed by atoms with E-state index >= 15 is 0 Å². The molecule has 0 bridgehead atoms. The Kier molecular flexibility index (Phi) is 7.05. The molecule has 0 aromatic heterocycles. The average molecular weight is 479 g/mol. The van der Waals surface area contributed by atoms with Gasteiger partial charge in [0.05, 0.1) is 5.69 Å². The highest BCUT2D eigenvalue weighted by Gasteiger charge is 2.31. The van der Waals surface area contributed by atoms with Crippen LogP contribution in [-0.2, 0) is 6.54 Å². The first-order valence-corrected chi connectivity index (χ1v) is 11.6. The summed E-state index contributed by atoms with van der Waals surface area (Å²) in [6.07, 6.45) is 2.74. The number of halogens is 1. The van der Waals surface area contributed by atoms with Gasteiger partial charge in [-0.05, 0) is 48.9 Å². The van der Waals surface area contributed by atoms with Crippen molar-refractivity contribution in [2.75, 3.05) is 4.90 Å². The Labute approximate surface area is 192 Å². The summed E-state index contributed by atoms with van der Waals surface area (Å²) >= 11 is 3.53. The van der Waals surface area contributed by atoms with Crippen LogP contribution < -0.4 is 10.2 Å². The second kappa shape index (κ2) is 10.1. The largest absolute Gasteiger partial charge is 0.465 e. The summed E-state index contributed by atoms with van der Waals surface area (Å²) in [6.45, 7) is 0.850. The molecule has 4 nitrogen and oxygen atoms in total. The molecule has 1 amide bonds. The van der Waals surface area contributed by atoms with Crippen molar-refractivity contribution in [2.45, 2.75) is 44.3 Å². The predicted octanol–water partition coefficient (Wildman–Crippen LogP) is 6.70. The van der Waals surface area contributed by atoms with Crippen LogP contribution in [-0.4, -0.2) is 23.3 Å². The molecule has 0 unspecified atom stereocenters. The number of carbonyl (C=O) groups is 1. The monoisotopic (exact) mass is 478 g/mol. The Morgan fingerprint density at radius 1 is 0.935 bits per heavy atom. The van der Waals surface area contributed by atoms with Gasteiger partial charge in [-0.2, -0.15) is 0 Å². The molecule has 0 aliphatic heterocycles. The van der Waals surface area contributed by atoms with Gasteiger partial charge in [-0.25, -0.2) is 4.79 Å². The molecule has 160 valence electrons. The third-order valence-electron chi connectivity index (χ3n) is 6.01. The summed E-state index contributed by atoms with van der Waals surface area (Å²) in [5.74, 6) is 0. The fourth-order valence-electron chi connectivity index (χ4n) is 4.42. The molecule has 0 saturated heterocycles. The molecule has 1 saturated carbocycles. The van der Waals surface area contributed by atoms with Crippen molar-refractivity contribution in [1.82, 2.24) is 5.32 Å². The lowest BCUT2D eigenvalue weighted by atomic mass is 9.89. The topological polar surface area (TPSA) is 52.6 Å². The molecule has 1 aliphatic carbocycles. The van der Waals surface area contributed by atoms with Gasteiger partial charge in [-0.15, -0.1) is 0 Å². The van der Waals surface area contributed by atoms with Crippen molar-refractivity contribution < 1.29 is 9.90 Å². The van der Waals surface area contributed by atoms with Gasteiger partial charge in [0.2, 0.25) is 0 Å². The molecule has 31 heavy (non-hydrogen) atoms. The molecule has 2 N–H and O–H groups in total. The van der Waals surface area contributed by atoms with Gasteiger partial charge >= 0.3 is 6.09 Å². The lowest BCUT2D eigenvalue weighted by Gasteiger charge is -2.36. The van der Waals surface area contributed by atoms with Gasteiger partial charge in [-0.1, -0.05) is 82.7 Å². The van der Waals surface area contributed by atoms with Crippen molar-refractivity contribution in [3.63, 3.8) is 0 Å². The van der Waals surface area contributed by atoms with Crippen LogP contribution in [0.5, 0.6) is 0 Å². The minimum Gasteiger partial charge on any atom is -0.465 e. The predicted molar refractivity (Wildman–Crippen MR) is 129 cm³/mol. The number of benzene rings is 3. The molecule has 0 spiro atoms. The van der Waals surface area contributed by atoms with Crippen LogP contribution in [0, 0.1) is 0 Å². The molecule has 1 fully saturated rings. The summed E-state index contributed by atoms with van der Waals surface area (Å²) < 4.78 is 0.881. The zero-order chi connectivity index (χ0) is 21.6. The number of rotatable bonds is 6. The smallest absolute Gasteiger partial charge is 0.412 e. The second-order valence-corrected chi connectivity index (χ2v) is 8.97. The van der Waals surface area contributed by atoms with E-state index in [0.29, 0.717) is 6.04 Å². The van der Waals surface area contributed by atoms with Crippen molar-refractivity contribution in [2.24, 2.45) is 0 Å². The van der Waals surface area contributed by atoms with Gasteiger partial charge in [0.15, 0.2) is 0 Å². The Morgan fingerprint density at radius 2 is 1.58 bits per heavy atom. The lowest BCUT2D eigenvalue weighted by Crippen LogP contribution is -2.45. The summed E-state index contributed by atoms with van der Waals surface area (Å²) in [4.78, 5) is 14.0. The van der Waals surface area contributed by atoms with Gasteiger partial charge in [0, 0.05) is 28.7 Å². The number of anilines is 1. The Balaban J connectivity index is 1.49. The van der Waals surface area contributed by atoms with Crippen LogP contribution in [0.1, 0.15) is 31.2 Å². The number of nitrogens with zero attached hydrogens (tertiary/aromatic N) is 1. The highest BCUT2D eigenvalue weighted by Crippen LogP contribution is 2.37. The molecule has 3 aromatic carbocycles. The van der Waals surface area contributed by atoms with Crippen LogP contribution >= 0.6 is 15.9 Å². The first kappa shape index (κ1) is 21.6. The van der Waals surface area contributed by atoms with Gasteiger partial charge in [0.25, 0.3) is 0 Å². The summed E-state index contributed by atoms with van der Waals surface area (Å²) in [5.41, 5.74) is 3.98. The number of amides is 1. The van der Waals surface area contributed by atoms with Crippen molar-refractivity contribution in [1.29, 1.82) is 0 Å². The number of hydrogen-bond acceptors (Lipinski definition) is 2. The Bertz CT molecular complexity index is 1000. The van der Waals surface area contributed by atoms with Gasteiger partial charge in [0.1, 0.15) is 0 Å². The van der Waals surface area contributed by atoms with Crippen LogP contribution in [0.25, 0.3) is 11.1 Å². The SMILES string of the molecule is O=C(O)N(c1cc(Br)ccc1-c1ccccc1)C1CCC(NCc2ccccc2)CC1. The third-order valence-corrected chi connectivity index (χ3v) is 6.50. The van der Waals surface area contributed by atoms with E-state index in [-0.39, 0.29) is 6.04 Å². The molecule has 0 atom stereocenters. The number of nitrogens with one attached hydrogen (secondary N) is 1. The molecule has 0 radical (unpaired) electrons. The lowest BCUT2D eigenvalue weighted by molar-refractivity contribution is 0.195. The normalized spacial score (nSPS) is 18.5. The third kappa shape index (κ3) is 5.35. The Morgan fingerprint density at radius 3 is 2.23 bits per heavy atom. The quantitative estimate of drug-likeness (QED) is 0.414. The van der Waals surface area contributed by atoms with Crippen LogP contribution in [0.3, 0.4) is 0 Å². The minimum atomic E-state index is -0.893. The van der Waals surface area contributed by atoms with Gasteiger partial charge in [-0.3, -0.25) is 4.90 Å². The van der Waals surface area contributed by atoms with Crippen molar-refractivity contribution in [3.05, 3.63) is 88.9 Å². The molecule has 5 heteroatoms. The maximum atomic E-state index is 12.4. The zero-order valence-corrected chi connectivity index (χ0v) is 19.0. The molecule has 3 aromatic rings. The fraction of sp³-hybridized carbons (Fsp3) is 0.269. The summed E-state index contributed by atoms with van der Waals surface area (Å²) in [7, 11) is 0. The average Bonchev–Trinajstić information content (AvgIpc) is 2.80. The van der Waals surface area contributed by atoms with E-state index in [9.17, 15) is 9.90 Å². The number of hydrogen-bond donors (Lipinski definition) is 2. The minimum absolute atomic E-state index is 0.0240. The van der Waals surface area contributed by atoms with E-state index in [1.165, 1.54) is 5.56 Å². The Hall–Kier alpha value is -2.63. The second-order valence-electron chi connectivity index (χ2n) is 8.05. The first-order valence-electron chi connectivity index (χ1n) is 10.8. The molecular formula is C26H27BrN2O2. The van der Waals surface area contributed by atoms with E-state index in [2.05, 4.69) is 45.5 Å². The van der Waals surface area contributed by atoms with Crippen molar-refractivity contribution in [3.8, 4) is 11.1 Å². The summed E-state index contributed by atoms with van der Waals surface area (Å²) in [5, 5.41) is 13.8. The highest BCUT2D eigenvalue weighted by atomic mass is 79.9. The maximum absolute atomic E-state index is 12.4. The fourth-order valence-corrected chi connectivity index (χ4v) is 4.77. The van der Waals surface area contributed by atoms with Gasteiger partial charge < -0.3 is 10.4 Å². The van der Waals surface area contributed by atoms with E-state index in [0.717, 1.165) is 53.5 Å². The van der Waals surface area contributed by atoms with E-state index in [1.807, 2.05) is 54.6 Å². The first-order chi connectivity index (χ1) is 15.1. The highest BCUT2D eigenvalue weighted by molar-refractivity contribution is 9.10. The van der Waals surface area contributed by atoms with Crippen LogP contribution in [0.15, 0.2) is 83.3 Å². The maximum Gasteiger partial charge on any atom is 0.412 e. The number of carboxylic acid groups (broad SMARTS) is 1. The molecule has 4 rings (SSSR count). The molecule has 1 aliphatic rings. The van der Waals surface area contributed by atoms with E-state index < -0.39 is 6.09 Å². The van der Waals surface area contributed by atoms with Crippen molar-refractivity contribution >= 4 is 27.7 Å². The molecular weight excluding hydrogens is 452 g/mol. The van der Waals surface area contributed by atoms with Crippen LogP contribution in [0.4, 0.5) is 10.5 Å². The summed E-state index contributed by atoms with van der Waals surface area (Å²) in [6, 6.07) is 26.7. The molecule has 0 heterocycles. The van der Waals surface area contributed by atoms with Crippen LogP contribution in [0.2, 0.25) is 0 Å². The van der Waals surface area contributed by atoms with E-state index in [4.69, 9.17) is 0 Å².